The SMILES string of the molecule is CN(CCOc1ccccc1)Cc1nc(-c2cccnc2)no1. The van der Waals surface area contributed by atoms with Gasteiger partial charge >= 0.3 is 0 Å². The van der Waals surface area contributed by atoms with Crippen LogP contribution in [0.15, 0.2) is 59.4 Å². The van der Waals surface area contributed by atoms with Crippen molar-refractivity contribution in [2.24, 2.45) is 0 Å². The summed E-state index contributed by atoms with van der Waals surface area (Å²) in [5.74, 6) is 2.01. The van der Waals surface area contributed by atoms with Crippen molar-refractivity contribution in [3.63, 3.8) is 0 Å². The van der Waals surface area contributed by atoms with Crippen molar-refractivity contribution < 1.29 is 9.26 Å². The Morgan fingerprint density at radius 1 is 1.13 bits per heavy atom. The molecule has 0 saturated carbocycles. The van der Waals surface area contributed by atoms with Gasteiger partial charge in [0.1, 0.15) is 12.4 Å². The first-order valence-electron chi connectivity index (χ1n) is 7.40. The molecule has 0 saturated heterocycles. The summed E-state index contributed by atoms with van der Waals surface area (Å²) < 4.78 is 11.0. The van der Waals surface area contributed by atoms with E-state index in [9.17, 15) is 0 Å². The van der Waals surface area contributed by atoms with Crippen molar-refractivity contribution in [3.05, 3.63) is 60.7 Å². The lowest BCUT2D eigenvalue weighted by Crippen LogP contribution is -2.24. The molecule has 0 spiro atoms. The second kappa shape index (κ2) is 7.51. The third-order valence-corrected chi connectivity index (χ3v) is 3.28. The highest BCUT2D eigenvalue weighted by Crippen LogP contribution is 2.14. The molecule has 0 aliphatic carbocycles. The van der Waals surface area contributed by atoms with Crippen LogP contribution in [0.3, 0.4) is 0 Å². The van der Waals surface area contributed by atoms with Gasteiger partial charge in [-0.05, 0) is 31.3 Å². The van der Waals surface area contributed by atoms with Gasteiger partial charge in [-0.25, -0.2) is 0 Å². The van der Waals surface area contributed by atoms with Crippen LogP contribution < -0.4 is 4.74 Å². The minimum atomic E-state index is 0.557. The molecule has 2 heterocycles. The van der Waals surface area contributed by atoms with E-state index in [-0.39, 0.29) is 0 Å². The molecule has 0 atom stereocenters. The van der Waals surface area contributed by atoms with Crippen molar-refractivity contribution in [1.29, 1.82) is 0 Å². The molecule has 118 valence electrons. The molecule has 0 aliphatic heterocycles. The first-order valence-corrected chi connectivity index (χ1v) is 7.40. The molecular formula is C17H18N4O2. The largest absolute Gasteiger partial charge is 0.492 e. The molecule has 0 aliphatic rings. The maximum absolute atomic E-state index is 5.67. The van der Waals surface area contributed by atoms with E-state index in [0.29, 0.717) is 24.9 Å². The van der Waals surface area contributed by atoms with Gasteiger partial charge in [-0.1, -0.05) is 23.4 Å². The zero-order valence-corrected chi connectivity index (χ0v) is 12.9. The minimum Gasteiger partial charge on any atom is -0.492 e. The second-order valence-electron chi connectivity index (χ2n) is 5.15. The Labute approximate surface area is 134 Å². The van der Waals surface area contributed by atoms with Crippen molar-refractivity contribution >= 4 is 0 Å². The molecule has 6 heteroatoms. The molecule has 23 heavy (non-hydrogen) atoms. The number of benzene rings is 1. The lowest BCUT2D eigenvalue weighted by Gasteiger charge is -2.14. The smallest absolute Gasteiger partial charge is 0.241 e. The highest BCUT2D eigenvalue weighted by molar-refractivity contribution is 5.51. The molecule has 0 N–H and O–H groups in total. The quantitative estimate of drug-likeness (QED) is 0.668. The number of pyridine rings is 1. The Balaban J connectivity index is 1.48. The molecule has 0 unspecified atom stereocenters. The van der Waals surface area contributed by atoms with Gasteiger partial charge in [0.15, 0.2) is 0 Å². The van der Waals surface area contributed by atoms with Crippen LogP contribution in [0.4, 0.5) is 0 Å². The zero-order chi connectivity index (χ0) is 15.9. The Bertz CT molecular complexity index is 716. The molecule has 0 amide bonds. The van der Waals surface area contributed by atoms with Crippen LogP contribution in [0.5, 0.6) is 5.75 Å². The number of hydrogen-bond acceptors (Lipinski definition) is 6. The highest BCUT2D eigenvalue weighted by atomic mass is 16.5. The molecule has 3 rings (SSSR count). The van der Waals surface area contributed by atoms with Crippen LogP contribution in [0.2, 0.25) is 0 Å². The summed E-state index contributed by atoms with van der Waals surface area (Å²) >= 11 is 0. The summed E-state index contributed by atoms with van der Waals surface area (Å²) in [5, 5.41) is 3.98. The maximum atomic E-state index is 5.67. The number of rotatable bonds is 7. The van der Waals surface area contributed by atoms with E-state index >= 15 is 0 Å². The van der Waals surface area contributed by atoms with Crippen molar-refractivity contribution in [2.45, 2.75) is 6.54 Å². The van der Waals surface area contributed by atoms with Crippen molar-refractivity contribution in [1.82, 2.24) is 20.0 Å². The topological polar surface area (TPSA) is 64.3 Å². The number of aromatic nitrogens is 3. The van der Waals surface area contributed by atoms with E-state index in [1.165, 1.54) is 0 Å². The molecule has 0 radical (unpaired) electrons. The zero-order valence-electron chi connectivity index (χ0n) is 12.9. The Morgan fingerprint density at radius 3 is 2.78 bits per heavy atom. The van der Waals surface area contributed by atoms with Crippen LogP contribution in [0.1, 0.15) is 5.89 Å². The monoisotopic (exact) mass is 310 g/mol. The van der Waals surface area contributed by atoms with Crippen LogP contribution in [0.25, 0.3) is 11.4 Å². The van der Waals surface area contributed by atoms with Crippen LogP contribution in [0, 0.1) is 0 Å². The third-order valence-electron chi connectivity index (χ3n) is 3.28. The Morgan fingerprint density at radius 2 is 2.00 bits per heavy atom. The first-order chi connectivity index (χ1) is 11.3. The van der Waals surface area contributed by atoms with Gasteiger partial charge in [-0.2, -0.15) is 4.98 Å². The van der Waals surface area contributed by atoms with Crippen molar-refractivity contribution in [3.8, 4) is 17.1 Å². The second-order valence-corrected chi connectivity index (χ2v) is 5.15. The summed E-state index contributed by atoms with van der Waals surface area (Å²) in [7, 11) is 1.99. The third kappa shape index (κ3) is 4.37. The number of para-hydroxylation sites is 1. The highest BCUT2D eigenvalue weighted by Gasteiger charge is 2.10. The Kier molecular flexibility index (Phi) is 4.95. The lowest BCUT2D eigenvalue weighted by molar-refractivity contribution is 0.213. The summed E-state index contributed by atoms with van der Waals surface area (Å²) in [6.45, 7) is 1.94. The molecule has 0 fully saturated rings. The van der Waals surface area contributed by atoms with Gasteiger partial charge in [0.25, 0.3) is 0 Å². The fourth-order valence-electron chi connectivity index (χ4n) is 2.08. The average molecular weight is 310 g/mol. The van der Waals surface area contributed by atoms with E-state index in [1.54, 1.807) is 12.4 Å². The average Bonchev–Trinajstić information content (AvgIpc) is 3.05. The first kappa shape index (κ1) is 15.2. The summed E-state index contributed by atoms with van der Waals surface area (Å²) in [6, 6.07) is 13.5. The van der Waals surface area contributed by atoms with Gasteiger partial charge in [0, 0.05) is 24.5 Å². The van der Waals surface area contributed by atoms with Crippen LogP contribution >= 0.6 is 0 Å². The van der Waals surface area contributed by atoms with E-state index in [4.69, 9.17) is 9.26 Å². The van der Waals surface area contributed by atoms with Gasteiger partial charge < -0.3 is 9.26 Å². The van der Waals surface area contributed by atoms with E-state index in [1.807, 2.05) is 49.5 Å². The summed E-state index contributed by atoms with van der Waals surface area (Å²) in [5.41, 5.74) is 0.845. The molecule has 1 aromatic carbocycles. The maximum Gasteiger partial charge on any atom is 0.241 e. The van der Waals surface area contributed by atoms with E-state index < -0.39 is 0 Å². The van der Waals surface area contributed by atoms with Crippen LogP contribution in [-0.4, -0.2) is 40.2 Å². The number of ether oxygens (including phenoxy) is 1. The molecule has 2 aromatic heterocycles. The number of hydrogen-bond donors (Lipinski definition) is 0. The number of likely N-dealkylation sites (N-methyl/N-ethyl adjacent to an activating group) is 1. The molecule has 0 bridgehead atoms. The van der Waals surface area contributed by atoms with Gasteiger partial charge in [0.2, 0.25) is 11.7 Å². The summed E-state index contributed by atoms with van der Waals surface area (Å²) in [4.78, 5) is 10.5. The standard InChI is InChI=1S/C17H18N4O2/c1-21(10-11-22-15-7-3-2-4-8-15)13-16-19-17(20-23-16)14-6-5-9-18-12-14/h2-9,12H,10-11,13H2,1H3. The predicted molar refractivity (Wildman–Crippen MR) is 85.8 cm³/mol. The molecular weight excluding hydrogens is 292 g/mol. The number of nitrogens with zero attached hydrogens (tertiary/aromatic N) is 4. The Hall–Kier alpha value is -2.73. The molecule has 6 nitrogen and oxygen atoms in total. The van der Waals surface area contributed by atoms with Gasteiger partial charge in [-0.15, -0.1) is 0 Å². The normalized spacial score (nSPS) is 10.9. The van der Waals surface area contributed by atoms with E-state index in [0.717, 1.165) is 17.9 Å². The summed E-state index contributed by atoms with van der Waals surface area (Å²) in [6.07, 6.45) is 3.43. The fraction of sp³-hybridized carbons (Fsp3) is 0.235. The van der Waals surface area contributed by atoms with Crippen LogP contribution in [-0.2, 0) is 6.54 Å². The lowest BCUT2D eigenvalue weighted by atomic mass is 10.3. The van der Waals surface area contributed by atoms with Crippen molar-refractivity contribution in [2.75, 3.05) is 20.2 Å². The predicted octanol–water partition coefficient (Wildman–Crippen LogP) is 2.64. The minimum absolute atomic E-state index is 0.557. The molecule has 3 aromatic rings. The van der Waals surface area contributed by atoms with E-state index in [2.05, 4.69) is 20.0 Å². The van der Waals surface area contributed by atoms with Gasteiger partial charge in [-0.3, -0.25) is 9.88 Å². The fourth-order valence-corrected chi connectivity index (χ4v) is 2.08. The van der Waals surface area contributed by atoms with Gasteiger partial charge in [0.05, 0.1) is 6.54 Å².